The van der Waals surface area contributed by atoms with Gasteiger partial charge in [-0.1, -0.05) is 13.8 Å². The average Bonchev–Trinajstić information content (AvgIpc) is 2.64. The van der Waals surface area contributed by atoms with Crippen LogP contribution in [0.25, 0.3) is 0 Å². The topological polar surface area (TPSA) is 38.7 Å². The predicted octanol–water partition coefficient (Wildman–Crippen LogP) is 1.44. The Balaban J connectivity index is 2.26. The van der Waals surface area contributed by atoms with Crippen LogP contribution in [-0.2, 0) is 9.47 Å². The lowest BCUT2D eigenvalue weighted by atomic mass is 9.74. The van der Waals surface area contributed by atoms with Gasteiger partial charge in [0, 0.05) is 5.92 Å². The van der Waals surface area contributed by atoms with Crippen molar-refractivity contribution in [1.82, 2.24) is 0 Å². The molecule has 2 aliphatic rings. The molecule has 5 atom stereocenters. The quantitative estimate of drug-likeness (QED) is 0.788. The van der Waals surface area contributed by atoms with Gasteiger partial charge < -0.3 is 14.6 Å². The Hall–Kier alpha value is -0.260. The van der Waals surface area contributed by atoms with Crippen LogP contribution in [0, 0.1) is 11.8 Å². The van der Waals surface area contributed by atoms with Gasteiger partial charge in [-0.25, -0.2) is 8.78 Å². The van der Waals surface area contributed by atoms with Crippen LogP contribution in [0.15, 0.2) is 0 Å². The molecule has 16 heavy (non-hydrogen) atoms. The molecule has 0 aromatic carbocycles. The van der Waals surface area contributed by atoms with E-state index in [-0.39, 0.29) is 19.1 Å². The van der Waals surface area contributed by atoms with Crippen molar-refractivity contribution in [3.8, 4) is 0 Å². The lowest BCUT2D eigenvalue weighted by Crippen LogP contribution is -2.58. The molecule has 1 N–H and O–H groups in total. The van der Waals surface area contributed by atoms with Crippen LogP contribution >= 0.6 is 0 Å². The summed E-state index contributed by atoms with van der Waals surface area (Å²) < 4.78 is 36.6. The number of alkyl halides is 2. The monoisotopic (exact) mass is 236 g/mol. The molecule has 0 amide bonds. The fourth-order valence-electron chi connectivity index (χ4n) is 2.94. The molecule has 0 bridgehead atoms. The molecule has 0 spiro atoms. The molecule has 94 valence electrons. The van der Waals surface area contributed by atoms with E-state index in [9.17, 15) is 13.9 Å². The van der Waals surface area contributed by atoms with Crippen molar-refractivity contribution in [1.29, 1.82) is 0 Å². The molecule has 2 heterocycles. The van der Waals surface area contributed by atoms with Crippen molar-refractivity contribution in [2.24, 2.45) is 11.8 Å². The SMILES string of the molecule is CC[C@]12OC[C@@H](C(F)F)[C@H]1OC[C@@H](O)C2C. The van der Waals surface area contributed by atoms with Crippen LogP contribution in [0.4, 0.5) is 8.78 Å². The number of fused-ring (bicyclic) bond motifs is 1. The first-order chi connectivity index (χ1) is 7.53. The molecule has 0 saturated carbocycles. The van der Waals surface area contributed by atoms with Gasteiger partial charge in [0.1, 0.15) is 0 Å². The van der Waals surface area contributed by atoms with E-state index >= 15 is 0 Å². The third kappa shape index (κ3) is 1.57. The van der Waals surface area contributed by atoms with Crippen LogP contribution in [0.1, 0.15) is 20.3 Å². The summed E-state index contributed by atoms with van der Waals surface area (Å²) in [6.07, 6.45) is -3.07. The number of aliphatic hydroxyl groups excluding tert-OH is 1. The summed E-state index contributed by atoms with van der Waals surface area (Å²) in [5.74, 6) is -1.03. The molecular weight excluding hydrogens is 218 g/mol. The predicted molar refractivity (Wildman–Crippen MR) is 53.4 cm³/mol. The van der Waals surface area contributed by atoms with Crippen LogP contribution in [0.3, 0.4) is 0 Å². The van der Waals surface area contributed by atoms with Crippen LogP contribution < -0.4 is 0 Å². The van der Waals surface area contributed by atoms with Gasteiger partial charge >= 0.3 is 0 Å². The van der Waals surface area contributed by atoms with Crippen molar-refractivity contribution in [2.45, 2.75) is 44.5 Å². The Morgan fingerprint density at radius 3 is 2.69 bits per heavy atom. The summed E-state index contributed by atoms with van der Waals surface area (Å²) >= 11 is 0. The number of hydrogen-bond donors (Lipinski definition) is 1. The first kappa shape index (κ1) is 12.2. The summed E-state index contributed by atoms with van der Waals surface area (Å²) in [6, 6.07) is 0. The number of rotatable bonds is 2. The van der Waals surface area contributed by atoms with Crippen molar-refractivity contribution < 1.29 is 23.4 Å². The third-order valence-electron chi connectivity index (χ3n) is 4.09. The molecule has 2 fully saturated rings. The van der Waals surface area contributed by atoms with Gasteiger partial charge in [0.05, 0.1) is 36.9 Å². The number of aliphatic hydroxyl groups is 1. The summed E-state index contributed by atoms with van der Waals surface area (Å²) in [6.45, 7) is 3.88. The van der Waals surface area contributed by atoms with Gasteiger partial charge in [-0.15, -0.1) is 0 Å². The minimum atomic E-state index is -2.43. The van der Waals surface area contributed by atoms with Crippen LogP contribution in [-0.4, -0.2) is 42.6 Å². The Labute approximate surface area is 93.7 Å². The van der Waals surface area contributed by atoms with E-state index in [4.69, 9.17) is 9.47 Å². The van der Waals surface area contributed by atoms with Gasteiger partial charge in [0.2, 0.25) is 6.43 Å². The molecule has 0 radical (unpaired) electrons. The van der Waals surface area contributed by atoms with E-state index in [0.29, 0.717) is 6.42 Å². The second-order valence-corrected chi connectivity index (χ2v) is 4.73. The number of halogens is 2. The molecule has 5 heteroatoms. The molecule has 2 rings (SSSR count). The van der Waals surface area contributed by atoms with Crippen molar-refractivity contribution in [2.75, 3.05) is 13.2 Å². The molecule has 0 aliphatic carbocycles. The summed E-state index contributed by atoms with van der Waals surface area (Å²) in [5, 5.41) is 9.75. The minimum absolute atomic E-state index is 0.0211. The highest BCUT2D eigenvalue weighted by molar-refractivity contribution is 5.05. The summed E-state index contributed by atoms with van der Waals surface area (Å²) in [7, 11) is 0. The highest BCUT2D eigenvalue weighted by atomic mass is 19.3. The summed E-state index contributed by atoms with van der Waals surface area (Å²) in [4.78, 5) is 0. The Kier molecular flexibility index (Phi) is 3.20. The lowest BCUT2D eigenvalue weighted by Gasteiger charge is -2.45. The Morgan fingerprint density at radius 2 is 2.12 bits per heavy atom. The van der Waals surface area contributed by atoms with E-state index < -0.39 is 30.2 Å². The third-order valence-corrected chi connectivity index (χ3v) is 4.09. The second-order valence-electron chi connectivity index (χ2n) is 4.73. The fraction of sp³-hybridized carbons (Fsp3) is 1.00. The second kappa shape index (κ2) is 4.20. The lowest BCUT2D eigenvalue weighted by molar-refractivity contribution is -0.205. The molecule has 1 unspecified atom stereocenters. The van der Waals surface area contributed by atoms with E-state index in [1.807, 2.05) is 13.8 Å². The zero-order chi connectivity index (χ0) is 11.9. The number of ether oxygens (including phenoxy) is 2. The van der Waals surface area contributed by atoms with E-state index in [1.165, 1.54) is 0 Å². The van der Waals surface area contributed by atoms with Crippen LogP contribution in [0.2, 0.25) is 0 Å². The van der Waals surface area contributed by atoms with Gasteiger partial charge in [0.15, 0.2) is 0 Å². The van der Waals surface area contributed by atoms with Gasteiger partial charge in [-0.3, -0.25) is 0 Å². The zero-order valence-corrected chi connectivity index (χ0v) is 9.53. The first-order valence-corrected chi connectivity index (χ1v) is 5.74. The molecule has 0 aromatic rings. The van der Waals surface area contributed by atoms with E-state index in [1.54, 1.807) is 0 Å². The first-order valence-electron chi connectivity index (χ1n) is 5.74. The van der Waals surface area contributed by atoms with Gasteiger partial charge in [-0.2, -0.15) is 0 Å². The minimum Gasteiger partial charge on any atom is -0.390 e. The maximum atomic E-state index is 12.8. The molecule has 0 aromatic heterocycles. The van der Waals surface area contributed by atoms with Crippen molar-refractivity contribution in [3.05, 3.63) is 0 Å². The Bertz CT molecular complexity index is 262. The zero-order valence-electron chi connectivity index (χ0n) is 9.53. The van der Waals surface area contributed by atoms with Crippen LogP contribution in [0.5, 0.6) is 0 Å². The molecule has 2 saturated heterocycles. The van der Waals surface area contributed by atoms with Crippen molar-refractivity contribution >= 4 is 0 Å². The molecule has 3 nitrogen and oxygen atoms in total. The fourth-order valence-corrected chi connectivity index (χ4v) is 2.94. The largest absolute Gasteiger partial charge is 0.390 e. The van der Waals surface area contributed by atoms with E-state index in [0.717, 1.165) is 0 Å². The van der Waals surface area contributed by atoms with Gasteiger partial charge in [-0.05, 0) is 6.42 Å². The number of hydrogen-bond acceptors (Lipinski definition) is 3. The molecular formula is C11H18F2O3. The van der Waals surface area contributed by atoms with Gasteiger partial charge in [0.25, 0.3) is 0 Å². The Morgan fingerprint density at radius 1 is 1.44 bits per heavy atom. The maximum Gasteiger partial charge on any atom is 0.246 e. The highest BCUT2D eigenvalue weighted by Gasteiger charge is 2.59. The average molecular weight is 236 g/mol. The maximum absolute atomic E-state index is 12.8. The van der Waals surface area contributed by atoms with E-state index in [2.05, 4.69) is 0 Å². The standard InChI is InChI=1S/C11H18F2O3/c1-3-11-6(2)8(14)5-15-9(11)7(4-16-11)10(12)13/h6-10,14H,3-5H2,1-2H3/t6?,7-,8-,9-,11-/m1/s1. The van der Waals surface area contributed by atoms with Crippen molar-refractivity contribution in [3.63, 3.8) is 0 Å². The highest BCUT2D eigenvalue weighted by Crippen LogP contribution is 2.46. The normalized spacial score (nSPS) is 48.4. The summed E-state index contributed by atoms with van der Waals surface area (Å²) in [5.41, 5.74) is -0.737. The smallest absolute Gasteiger partial charge is 0.246 e. The molecule has 2 aliphatic heterocycles.